The molecule has 1 aromatic rings. The van der Waals surface area contributed by atoms with Crippen molar-refractivity contribution >= 4 is 17.4 Å². The average Bonchev–Trinajstić information content (AvgIpc) is 2.31. The largest absolute Gasteiger partial charge is 0.352 e. The first-order valence-electron chi connectivity index (χ1n) is 4.33. The van der Waals surface area contributed by atoms with Gasteiger partial charge in [0.15, 0.2) is 6.67 Å². The molecule has 0 atom stereocenters. The number of nitrogens with one attached hydrogen (secondary N) is 1. The number of alkyl halides is 3. The fourth-order valence-corrected chi connectivity index (χ4v) is 0.924. The Morgan fingerprint density at radius 2 is 2.17 bits per heavy atom. The van der Waals surface area contributed by atoms with Gasteiger partial charge in [-0.1, -0.05) is 0 Å². The van der Waals surface area contributed by atoms with Crippen LogP contribution < -0.4 is 5.32 Å². The number of rotatable bonds is 4. The molecule has 1 amide bonds. The van der Waals surface area contributed by atoms with Gasteiger partial charge in [-0.05, 0) is 0 Å². The van der Waals surface area contributed by atoms with Crippen LogP contribution in [0.1, 0.15) is 0 Å². The Bertz CT molecular complexity index is 494. The van der Waals surface area contributed by atoms with Gasteiger partial charge in [0.05, 0.1) is 17.2 Å². The fraction of sp³-hybridized carbons (Fsp3) is 0.250. The second-order valence-electron chi connectivity index (χ2n) is 3.07. The quantitative estimate of drug-likeness (QED) is 0.511. The van der Waals surface area contributed by atoms with Crippen LogP contribution in [0.2, 0.25) is 0 Å². The molecule has 0 aliphatic heterocycles. The molecule has 1 heterocycles. The number of hydrogen-bond donors (Lipinski definition) is 1. The molecule has 98 valence electrons. The number of nitrogens with zero attached hydrogens (tertiary/aromatic N) is 2. The van der Waals surface area contributed by atoms with Gasteiger partial charge in [0.25, 0.3) is 5.91 Å². The molecule has 0 aromatic carbocycles. The third-order valence-corrected chi connectivity index (χ3v) is 1.76. The molecule has 0 saturated carbocycles. The second kappa shape index (κ2) is 4.94. The zero-order valence-electron chi connectivity index (χ0n) is 8.49. The standard InChI is InChI=1S/C8H5F4N3O3/c9-3-8(11,12)7(16)14-6-5(15(17)18)1-4(10)2-13-6/h1-2H,3H2,(H,13,14,16). The Labute approximate surface area is 96.8 Å². The van der Waals surface area contributed by atoms with Crippen LogP contribution in [0.4, 0.5) is 29.1 Å². The van der Waals surface area contributed by atoms with Crippen LogP contribution in [-0.2, 0) is 4.79 Å². The monoisotopic (exact) mass is 267 g/mol. The molecule has 0 spiro atoms. The molecular formula is C8H5F4N3O3. The van der Waals surface area contributed by atoms with Crippen molar-refractivity contribution in [3.8, 4) is 0 Å². The average molecular weight is 267 g/mol. The Kier molecular flexibility index (Phi) is 3.79. The van der Waals surface area contributed by atoms with E-state index in [2.05, 4.69) is 4.98 Å². The zero-order chi connectivity index (χ0) is 13.9. The van der Waals surface area contributed by atoms with Crippen LogP contribution in [0.25, 0.3) is 0 Å². The van der Waals surface area contributed by atoms with E-state index in [1.807, 2.05) is 0 Å². The van der Waals surface area contributed by atoms with Gasteiger partial charge in [-0.2, -0.15) is 8.78 Å². The van der Waals surface area contributed by atoms with Crippen molar-refractivity contribution in [2.75, 3.05) is 12.0 Å². The number of hydrogen-bond acceptors (Lipinski definition) is 4. The molecule has 0 saturated heterocycles. The Morgan fingerprint density at radius 1 is 1.56 bits per heavy atom. The zero-order valence-corrected chi connectivity index (χ0v) is 8.49. The normalized spacial score (nSPS) is 11.1. The van der Waals surface area contributed by atoms with Crippen molar-refractivity contribution in [1.82, 2.24) is 4.98 Å². The van der Waals surface area contributed by atoms with E-state index in [-0.39, 0.29) is 0 Å². The summed E-state index contributed by atoms with van der Waals surface area (Å²) in [6, 6.07) is 0.385. The molecule has 10 heteroatoms. The number of aromatic nitrogens is 1. The van der Waals surface area contributed by atoms with Gasteiger partial charge in [0.1, 0.15) is 5.82 Å². The fourth-order valence-electron chi connectivity index (χ4n) is 0.924. The summed E-state index contributed by atoms with van der Waals surface area (Å²) in [6.45, 7) is -2.27. The summed E-state index contributed by atoms with van der Waals surface area (Å²) in [6.07, 6.45) is 0.482. The van der Waals surface area contributed by atoms with E-state index < -0.39 is 40.8 Å². The Balaban J connectivity index is 3.05. The summed E-state index contributed by atoms with van der Waals surface area (Å²) >= 11 is 0. The minimum atomic E-state index is -4.34. The first-order chi connectivity index (χ1) is 8.27. The molecule has 0 unspecified atom stereocenters. The van der Waals surface area contributed by atoms with Gasteiger partial charge >= 0.3 is 11.6 Å². The van der Waals surface area contributed by atoms with Gasteiger partial charge in [-0.15, -0.1) is 0 Å². The van der Waals surface area contributed by atoms with Crippen LogP contribution in [0, 0.1) is 15.9 Å². The molecule has 0 fully saturated rings. The molecular weight excluding hydrogens is 262 g/mol. The van der Waals surface area contributed by atoms with Crippen molar-refractivity contribution in [1.29, 1.82) is 0 Å². The first-order valence-corrected chi connectivity index (χ1v) is 4.33. The number of carbonyl (C=O) groups is 1. The molecule has 0 radical (unpaired) electrons. The van der Waals surface area contributed by atoms with E-state index in [0.717, 1.165) is 0 Å². The molecule has 0 bridgehead atoms. The molecule has 1 rings (SSSR count). The maximum absolute atomic E-state index is 12.7. The maximum atomic E-state index is 12.7. The number of carbonyl (C=O) groups excluding carboxylic acids is 1. The molecule has 18 heavy (non-hydrogen) atoms. The Morgan fingerprint density at radius 3 is 2.67 bits per heavy atom. The first kappa shape index (κ1) is 13.8. The predicted octanol–water partition coefficient (Wildman–Crippen LogP) is 1.67. The SMILES string of the molecule is O=C(Nc1ncc(F)cc1[N+](=O)[O-])C(F)(F)CF. The number of nitro groups is 1. The van der Waals surface area contributed by atoms with E-state index in [0.29, 0.717) is 12.3 Å². The van der Waals surface area contributed by atoms with Crippen molar-refractivity contribution in [3.05, 3.63) is 28.2 Å². The third kappa shape index (κ3) is 2.90. The maximum Gasteiger partial charge on any atom is 0.352 e. The van der Waals surface area contributed by atoms with Gasteiger partial charge in [-0.3, -0.25) is 20.2 Å². The lowest BCUT2D eigenvalue weighted by Crippen LogP contribution is -2.36. The molecule has 6 nitrogen and oxygen atoms in total. The number of amides is 1. The number of pyridine rings is 1. The van der Waals surface area contributed by atoms with Crippen LogP contribution >= 0.6 is 0 Å². The van der Waals surface area contributed by atoms with Crippen LogP contribution in [0.5, 0.6) is 0 Å². The van der Waals surface area contributed by atoms with E-state index in [9.17, 15) is 32.5 Å². The highest BCUT2D eigenvalue weighted by Crippen LogP contribution is 2.24. The van der Waals surface area contributed by atoms with Crippen molar-refractivity contribution in [2.45, 2.75) is 5.92 Å². The van der Waals surface area contributed by atoms with E-state index >= 15 is 0 Å². The van der Waals surface area contributed by atoms with Crippen molar-refractivity contribution in [3.63, 3.8) is 0 Å². The highest BCUT2D eigenvalue weighted by molar-refractivity contribution is 5.96. The number of halogens is 4. The summed E-state index contributed by atoms with van der Waals surface area (Å²) in [5, 5.41) is 11.8. The lowest BCUT2D eigenvalue weighted by atomic mass is 10.3. The van der Waals surface area contributed by atoms with Crippen molar-refractivity contribution in [2.24, 2.45) is 0 Å². The lowest BCUT2D eigenvalue weighted by molar-refractivity contribution is -0.384. The summed E-state index contributed by atoms with van der Waals surface area (Å²) in [7, 11) is 0. The highest BCUT2D eigenvalue weighted by Gasteiger charge is 2.40. The van der Waals surface area contributed by atoms with Crippen LogP contribution in [0.15, 0.2) is 12.3 Å². The van der Waals surface area contributed by atoms with Gasteiger partial charge in [0, 0.05) is 0 Å². The molecule has 1 N–H and O–H groups in total. The summed E-state index contributed by atoms with van der Waals surface area (Å²) in [5.74, 6) is -8.42. The van der Waals surface area contributed by atoms with Gasteiger partial charge in [-0.25, -0.2) is 13.8 Å². The van der Waals surface area contributed by atoms with Crippen LogP contribution in [-0.4, -0.2) is 28.4 Å². The summed E-state index contributed by atoms with van der Waals surface area (Å²) in [4.78, 5) is 23.3. The second-order valence-corrected chi connectivity index (χ2v) is 3.07. The topological polar surface area (TPSA) is 85.1 Å². The third-order valence-electron chi connectivity index (χ3n) is 1.76. The van der Waals surface area contributed by atoms with E-state index in [4.69, 9.17) is 0 Å². The lowest BCUT2D eigenvalue weighted by Gasteiger charge is -2.11. The highest BCUT2D eigenvalue weighted by atomic mass is 19.3. The van der Waals surface area contributed by atoms with Crippen molar-refractivity contribution < 1.29 is 27.3 Å². The minimum absolute atomic E-state index is 0.385. The molecule has 1 aromatic heterocycles. The molecule has 0 aliphatic carbocycles. The summed E-state index contributed by atoms with van der Waals surface area (Å²) in [5.41, 5.74) is -1.02. The van der Waals surface area contributed by atoms with Gasteiger partial charge in [0.2, 0.25) is 5.82 Å². The van der Waals surface area contributed by atoms with Gasteiger partial charge < -0.3 is 0 Å². The smallest absolute Gasteiger partial charge is 0.300 e. The minimum Gasteiger partial charge on any atom is -0.300 e. The predicted molar refractivity (Wildman–Crippen MR) is 50.4 cm³/mol. The summed E-state index contributed by atoms with van der Waals surface area (Å²) < 4.78 is 49.7. The van der Waals surface area contributed by atoms with E-state index in [1.54, 1.807) is 0 Å². The van der Waals surface area contributed by atoms with E-state index in [1.165, 1.54) is 5.32 Å². The Hall–Kier alpha value is -2.26. The van der Waals surface area contributed by atoms with Crippen LogP contribution in [0.3, 0.4) is 0 Å². The number of anilines is 1. The molecule has 0 aliphatic rings.